The van der Waals surface area contributed by atoms with Gasteiger partial charge in [-0.1, -0.05) is 90.1 Å². The number of nitrogens with one attached hydrogen (secondary N) is 1. The second-order valence-corrected chi connectivity index (χ2v) is 17.2. The Morgan fingerprint density at radius 3 is 1.97 bits per heavy atom. The highest BCUT2D eigenvalue weighted by Crippen LogP contribution is 2.42. The molecule has 0 saturated heterocycles. The van der Waals surface area contributed by atoms with Crippen molar-refractivity contribution in [2.45, 2.75) is 78.9 Å². The van der Waals surface area contributed by atoms with Gasteiger partial charge in [-0.25, -0.2) is 4.99 Å². The second kappa shape index (κ2) is 11.8. The molecule has 2 aromatic carbocycles. The first-order chi connectivity index (χ1) is 18.5. The molecule has 0 saturated carbocycles. The summed E-state index contributed by atoms with van der Waals surface area (Å²) < 4.78 is 6.84. The molecule has 0 aliphatic carbocycles. The van der Waals surface area contributed by atoms with Gasteiger partial charge in [0.05, 0.1) is 17.1 Å². The van der Waals surface area contributed by atoms with Crippen LogP contribution in [0.4, 0.5) is 0 Å². The van der Waals surface area contributed by atoms with Crippen LogP contribution in [0.15, 0.2) is 89.1 Å². The fraction of sp³-hybridized carbons (Fsp3) is 0.343. The average molecular weight is 537 g/mol. The van der Waals surface area contributed by atoms with Crippen LogP contribution in [0.25, 0.3) is 11.6 Å². The quantitative estimate of drug-likeness (QED) is 0.271. The van der Waals surface area contributed by atoms with E-state index in [1.807, 2.05) is 0 Å². The zero-order chi connectivity index (χ0) is 28.3. The van der Waals surface area contributed by atoms with Gasteiger partial charge >= 0.3 is 0 Å². The van der Waals surface area contributed by atoms with Crippen LogP contribution < -0.4 is 4.43 Å². The number of hydrogen-bond acceptors (Lipinski definition) is 2. The third-order valence-corrected chi connectivity index (χ3v) is 14.0. The van der Waals surface area contributed by atoms with Gasteiger partial charge in [-0.2, -0.15) is 0 Å². The normalized spacial score (nSPS) is 15.5. The summed E-state index contributed by atoms with van der Waals surface area (Å²) in [5, 5.41) is 0. The number of aliphatic imine (C=N–C) groups is 1. The van der Waals surface area contributed by atoms with Gasteiger partial charge in [0.2, 0.25) is 0 Å². The van der Waals surface area contributed by atoms with Gasteiger partial charge in [-0.05, 0) is 90.0 Å². The summed E-state index contributed by atoms with van der Waals surface area (Å²) >= 11 is 0. The average Bonchev–Trinajstić information content (AvgIpc) is 3.42. The summed E-state index contributed by atoms with van der Waals surface area (Å²) in [7, 11) is -1.96. The fourth-order valence-electron chi connectivity index (χ4n) is 6.26. The van der Waals surface area contributed by atoms with Crippen molar-refractivity contribution in [2.75, 3.05) is 0 Å². The summed E-state index contributed by atoms with van der Waals surface area (Å²) in [6, 6.07) is 21.3. The predicted molar refractivity (Wildman–Crippen MR) is 171 cm³/mol. The van der Waals surface area contributed by atoms with Gasteiger partial charge in [0, 0.05) is 11.3 Å². The van der Waals surface area contributed by atoms with Crippen LogP contribution in [-0.2, 0) is 0 Å². The number of aromatic amines is 1. The minimum atomic E-state index is -1.96. The molecule has 2 heterocycles. The van der Waals surface area contributed by atoms with E-state index in [-0.39, 0.29) is 0 Å². The van der Waals surface area contributed by atoms with Crippen LogP contribution in [0.1, 0.15) is 76.5 Å². The fourth-order valence-corrected chi connectivity index (χ4v) is 11.5. The van der Waals surface area contributed by atoms with Gasteiger partial charge in [0.1, 0.15) is 5.75 Å². The van der Waals surface area contributed by atoms with E-state index in [1.54, 1.807) is 0 Å². The van der Waals surface area contributed by atoms with Crippen molar-refractivity contribution in [1.82, 2.24) is 4.98 Å². The summed E-state index contributed by atoms with van der Waals surface area (Å²) in [6.45, 7) is 20.4. The van der Waals surface area contributed by atoms with Crippen LogP contribution in [0.3, 0.4) is 0 Å². The van der Waals surface area contributed by atoms with Crippen LogP contribution in [-0.4, -0.2) is 19.0 Å². The predicted octanol–water partition coefficient (Wildman–Crippen LogP) is 10.1. The number of hydrogen-bond donors (Lipinski definition) is 1. The Kier molecular flexibility index (Phi) is 8.66. The smallest absolute Gasteiger partial charge is 0.258 e. The zero-order valence-electron chi connectivity index (χ0n) is 25.1. The minimum Gasteiger partial charge on any atom is -0.543 e. The maximum absolute atomic E-state index is 6.84. The molecule has 0 fully saturated rings. The van der Waals surface area contributed by atoms with E-state index < -0.39 is 8.32 Å². The summed E-state index contributed by atoms with van der Waals surface area (Å²) in [5.74, 6) is 0.984. The molecule has 0 spiro atoms. The molecular formula is C35H44N2OSi. The lowest BCUT2D eigenvalue weighted by atomic mass is 9.96. The van der Waals surface area contributed by atoms with Crippen molar-refractivity contribution in [2.24, 2.45) is 4.99 Å². The van der Waals surface area contributed by atoms with Crippen molar-refractivity contribution < 1.29 is 4.43 Å². The van der Waals surface area contributed by atoms with E-state index >= 15 is 0 Å². The SMILES string of the molecule is CC1=CC(/C=C/c2ccc(O[Si](C(C)C)(C(C)C)C(C)C)cc2)=NC/1=C(\c1ccccc1)c1[nH]c(C)cc1C. The number of rotatable bonds is 9. The Hall–Kier alpha value is -3.37. The van der Waals surface area contributed by atoms with Gasteiger partial charge in [-0.15, -0.1) is 0 Å². The molecular weight excluding hydrogens is 492 g/mol. The number of aromatic nitrogens is 1. The van der Waals surface area contributed by atoms with E-state index in [1.165, 1.54) is 16.7 Å². The highest BCUT2D eigenvalue weighted by molar-refractivity contribution is 6.78. The summed E-state index contributed by atoms with van der Waals surface area (Å²) in [6.07, 6.45) is 6.42. The molecule has 4 rings (SSSR count). The first kappa shape index (κ1) is 28.6. The molecule has 0 unspecified atom stereocenters. The Bertz CT molecular complexity index is 1400. The third kappa shape index (κ3) is 5.96. The second-order valence-electron chi connectivity index (χ2n) is 11.8. The maximum atomic E-state index is 6.84. The zero-order valence-corrected chi connectivity index (χ0v) is 26.1. The van der Waals surface area contributed by atoms with Crippen molar-refractivity contribution in [3.05, 3.63) is 112 Å². The molecule has 0 atom stereocenters. The van der Waals surface area contributed by atoms with E-state index in [9.17, 15) is 0 Å². The monoisotopic (exact) mass is 536 g/mol. The standard InChI is InChI=1S/C35H44N2OSi/c1-23(2)39(24(3)4,25(5)6)38-32-19-16-29(17-20-32)15-18-31-22-27(8)35(37-31)33(30-13-11-10-12-14-30)34-26(7)21-28(9)36-34/h10-25,36H,1-9H3/b18-15+,35-33+. The molecule has 39 heavy (non-hydrogen) atoms. The van der Waals surface area contributed by atoms with Crippen molar-refractivity contribution in [3.63, 3.8) is 0 Å². The highest BCUT2D eigenvalue weighted by Gasteiger charge is 2.46. The number of allylic oxidation sites excluding steroid dienone is 3. The Morgan fingerprint density at radius 1 is 0.821 bits per heavy atom. The molecule has 4 heteroatoms. The summed E-state index contributed by atoms with van der Waals surface area (Å²) in [4.78, 5) is 8.66. The highest BCUT2D eigenvalue weighted by atomic mass is 28.4. The Balaban J connectivity index is 1.62. The minimum absolute atomic E-state index is 0.550. The first-order valence-corrected chi connectivity index (χ1v) is 16.4. The van der Waals surface area contributed by atoms with Gasteiger partial charge in [-0.3, -0.25) is 0 Å². The van der Waals surface area contributed by atoms with Crippen LogP contribution >= 0.6 is 0 Å². The van der Waals surface area contributed by atoms with Crippen LogP contribution in [0.2, 0.25) is 16.6 Å². The molecule has 0 radical (unpaired) electrons. The molecule has 1 N–H and O–H groups in total. The molecule has 1 aliphatic heterocycles. The molecule has 3 aromatic rings. The van der Waals surface area contributed by atoms with Gasteiger partial charge < -0.3 is 9.41 Å². The lowest BCUT2D eigenvalue weighted by Gasteiger charge is -2.42. The maximum Gasteiger partial charge on any atom is 0.258 e. The molecule has 0 amide bonds. The van der Waals surface area contributed by atoms with Crippen molar-refractivity contribution >= 4 is 25.7 Å². The number of benzene rings is 2. The number of nitrogens with zero attached hydrogens (tertiary/aromatic N) is 1. The molecule has 204 valence electrons. The van der Waals surface area contributed by atoms with Crippen molar-refractivity contribution in [3.8, 4) is 5.75 Å². The van der Waals surface area contributed by atoms with Gasteiger partial charge in [0.25, 0.3) is 8.32 Å². The van der Waals surface area contributed by atoms with Crippen molar-refractivity contribution in [1.29, 1.82) is 0 Å². The largest absolute Gasteiger partial charge is 0.543 e. The van der Waals surface area contributed by atoms with E-state index in [0.29, 0.717) is 16.6 Å². The van der Waals surface area contributed by atoms with E-state index in [4.69, 9.17) is 9.42 Å². The Morgan fingerprint density at radius 2 is 1.44 bits per heavy atom. The van der Waals surface area contributed by atoms with Crippen LogP contribution in [0, 0.1) is 13.8 Å². The Labute approximate surface area is 236 Å². The third-order valence-electron chi connectivity index (χ3n) is 8.01. The first-order valence-electron chi connectivity index (χ1n) is 14.2. The molecule has 3 nitrogen and oxygen atoms in total. The van der Waals surface area contributed by atoms with Crippen LogP contribution in [0.5, 0.6) is 5.75 Å². The topological polar surface area (TPSA) is 37.4 Å². The summed E-state index contributed by atoms with van der Waals surface area (Å²) in [5.41, 5.74) is 11.8. The number of H-pyrrole nitrogens is 1. The van der Waals surface area contributed by atoms with Gasteiger partial charge in [0.15, 0.2) is 0 Å². The molecule has 1 aromatic heterocycles. The number of aryl methyl sites for hydroxylation is 2. The lowest BCUT2D eigenvalue weighted by Crippen LogP contribution is -2.50. The van der Waals surface area contributed by atoms with E-state index in [2.05, 4.69) is 146 Å². The molecule has 0 bridgehead atoms. The van der Waals surface area contributed by atoms with E-state index in [0.717, 1.165) is 39.7 Å². The molecule has 1 aliphatic rings. The lowest BCUT2D eigenvalue weighted by molar-refractivity contribution is 0.480.